The second-order valence-corrected chi connectivity index (χ2v) is 7.95. The molecule has 190 valence electrons. The van der Waals surface area contributed by atoms with E-state index in [9.17, 15) is 40.2 Å². The molecule has 14 heteroatoms. The van der Waals surface area contributed by atoms with Crippen LogP contribution in [0.3, 0.4) is 0 Å². The zero-order valence-electron chi connectivity index (χ0n) is 18.2. The van der Waals surface area contributed by atoms with Crippen LogP contribution in [0, 0.1) is 0 Å². The van der Waals surface area contributed by atoms with Crippen molar-refractivity contribution in [1.29, 1.82) is 0 Å². The third-order valence-corrected chi connectivity index (χ3v) is 5.95. The number of aliphatic carboxylic acids is 1. The minimum atomic E-state index is -2.85. The molecule has 2 saturated heterocycles. The van der Waals surface area contributed by atoms with Gasteiger partial charge in [-0.2, -0.15) is 0 Å². The lowest BCUT2D eigenvalue weighted by Gasteiger charge is -2.61. The molecule has 0 aromatic heterocycles. The second kappa shape index (κ2) is 11.0. The molecule has 9 N–H and O–H groups in total. The fourth-order valence-electron chi connectivity index (χ4n) is 4.42. The first-order chi connectivity index (χ1) is 15.5. The van der Waals surface area contributed by atoms with Crippen LogP contribution in [0.2, 0.25) is 0 Å². The number of ether oxygens (including phenoxy) is 3. The van der Waals surface area contributed by atoms with Gasteiger partial charge in [-0.05, 0) is 6.20 Å². The van der Waals surface area contributed by atoms with Crippen LogP contribution < -0.4 is 10.6 Å². The Morgan fingerprint density at radius 3 is 2.30 bits per heavy atom. The van der Waals surface area contributed by atoms with Gasteiger partial charge < -0.3 is 60.6 Å². The number of carboxylic acids is 1. The van der Waals surface area contributed by atoms with Crippen LogP contribution in [0.1, 0.15) is 13.3 Å². The van der Waals surface area contributed by atoms with Gasteiger partial charge in [0.2, 0.25) is 5.91 Å². The van der Waals surface area contributed by atoms with Gasteiger partial charge in [0.25, 0.3) is 0 Å². The third-order valence-electron chi connectivity index (χ3n) is 5.95. The monoisotopic (exact) mass is 480 g/mol. The predicted octanol–water partition coefficient (Wildman–Crippen LogP) is -4.62. The number of hydrogen-bond donors (Lipinski definition) is 9. The van der Waals surface area contributed by atoms with Crippen LogP contribution in [-0.4, -0.2) is 129 Å². The summed E-state index contributed by atoms with van der Waals surface area (Å²) in [6.07, 6.45) is -6.38. The maximum absolute atomic E-state index is 11.8. The standard InChI is InChI=1S/C19H32N2O12/c1-9(24)21-14-16(28)19(30,12(7-23)33-17(14)31-2)18(29)11(6-22)32-8-10(25)15(18)20-5-3-4-13(26)27/h3,5,10-12,14-17,20,22-23,25,28-30H,4,6-8H2,1-2H3,(H,21,24)(H,26,27)/t10-,11+,12+,14-,15-,16+,17-,18+,19+/m0/s1. The van der Waals surface area contributed by atoms with Crippen molar-refractivity contribution in [1.82, 2.24) is 10.6 Å². The number of aliphatic hydroxyl groups is 6. The van der Waals surface area contributed by atoms with Crippen molar-refractivity contribution in [3.8, 4) is 0 Å². The highest BCUT2D eigenvalue weighted by molar-refractivity contribution is 5.73. The smallest absolute Gasteiger partial charge is 0.307 e. The summed E-state index contributed by atoms with van der Waals surface area (Å²) in [6, 6.07) is -2.99. The molecule has 2 aliphatic rings. The molecule has 2 rings (SSSR count). The van der Waals surface area contributed by atoms with E-state index >= 15 is 0 Å². The molecule has 1 amide bonds. The molecule has 0 aromatic carbocycles. The van der Waals surface area contributed by atoms with Gasteiger partial charge in [0, 0.05) is 14.0 Å². The first-order valence-electron chi connectivity index (χ1n) is 10.2. The first kappa shape index (κ1) is 27.4. The van der Waals surface area contributed by atoms with Gasteiger partial charge in [0.05, 0.1) is 32.3 Å². The summed E-state index contributed by atoms with van der Waals surface area (Å²) in [5, 5.41) is 78.9. The molecule has 2 heterocycles. The van der Waals surface area contributed by atoms with E-state index in [4.69, 9.17) is 19.3 Å². The Labute approximate surface area is 189 Å². The SMILES string of the molecule is CO[C@H]1O[C@H](CO)[C@](O)([C@@]2(O)[C@@H](CO)OC[C@H](O)[C@@H]2NC=CCC(=O)O)[C@H](O)[C@@H]1NC(C)=O. The molecule has 2 aliphatic heterocycles. The van der Waals surface area contributed by atoms with Crippen LogP contribution in [0.4, 0.5) is 0 Å². The number of carbonyl (C=O) groups excluding carboxylic acids is 1. The number of aliphatic hydroxyl groups excluding tert-OH is 4. The van der Waals surface area contributed by atoms with Crippen molar-refractivity contribution < 1.29 is 59.5 Å². The lowest BCUT2D eigenvalue weighted by molar-refractivity contribution is -0.370. The molecule has 0 saturated carbocycles. The van der Waals surface area contributed by atoms with Gasteiger partial charge in [-0.15, -0.1) is 0 Å². The van der Waals surface area contributed by atoms with E-state index in [0.29, 0.717) is 0 Å². The van der Waals surface area contributed by atoms with E-state index in [0.717, 1.165) is 13.1 Å². The number of amides is 1. The number of carbonyl (C=O) groups is 2. The van der Waals surface area contributed by atoms with Crippen molar-refractivity contribution in [2.24, 2.45) is 0 Å². The Morgan fingerprint density at radius 2 is 1.79 bits per heavy atom. The molecule has 33 heavy (non-hydrogen) atoms. The van der Waals surface area contributed by atoms with Gasteiger partial charge in [-0.1, -0.05) is 6.08 Å². The summed E-state index contributed by atoms with van der Waals surface area (Å²) < 4.78 is 16.0. The van der Waals surface area contributed by atoms with Gasteiger partial charge in [0.1, 0.15) is 36.1 Å². The molecule has 14 nitrogen and oxygen atoms in total. The van der Waals surface area contributed by atoms with Gasteiger partial charge in [-0.3, -0.25) is 9.59 Å². The summed E-state index contributed by atoms with van der Waals surface area (Å²) in [6.45, 7) is -1.10. The zero-order valence-corrected chi connectivity index (χ0v) is 18.2. The van der Waals surface area contributed by atoms with E-state index in [1.807, 2.05) is 0 Å². The number of carboxylic acid groups (broad SMARTS) is 1. The van der Waals surface area contributed by atoms with Crippen molar-refractivity contribution in [2.45, 2.75) is 67.3 Å². The fraction of sp³-hybridized carbons (Fsp3) is 0.789. The molecule has 2 fully saturated rings. The zero-order chi connectivity index (χ0) is 25.0. The van der Waals surface area contributed by atoms with Crippen molar-refractivity contribution in [2.75, 3.05) is 26.9 Å². The Bertz CT molecular complexity index is 723. The molecular weight excluding hydrogens is 448 g/mol. The highest BCUT2D eigenvalue weighted by Gasteiger charge is 2.72. The Kier molecular flexibility index (Phi) is 9.15. The van der Waals surface area contributed by atoms with Crippen LogP contribution in [0.25, 0.3) is 0 Å². The normalized spacial score (nSPS) is 41.6. The van der Waals surface area contributed by atoms with Crippen LogP contribution in [0.5, 0.6) is 0 Å². The third kappa shape index (κ3) is 4.99. The molecule has 0 aliphatic carbocycles. The minimum absolute atomic E-state index is 0.398. The van der Waals surface area contributed by atoms with Crippen LogP contribution in [0.15, 0.2) is 12.3 Å². The quantitative estimate of drug-likeness (QED) is 0.151. The molecule has 0 unspecified atom stereocenters. The predicted molar refractivity (Wildman–Crippen MR) is 107 cm³/mol. The summed E-state index contributed by atoms with van der Waals surface area (Å²) in [5.74, 6) is -1.78. The molecular formula is C19H32N2O12. The number of hydrogen-bond acceptors (Lipinski definition) is 12. The highest BCUT2D eigenvalue weighted by atomic mass is 16.7. The van der Waals surface area contributed by atoms with E-state index in [-0.39, 0.29) is 0 Å². The molecule has 0 bridgehead atoms. The summed E-state index contributed by atoms with van der Waals surface area (Å²) >= 11 is 0. The number of rotatable bonds is 9. The number of nitrogens with one attached hydrogen (secondary N) is 2. The minimum Gasteiger partial charge on any atom is -0.481 e. The van der Waals surface area contributed by atoms with Gasteiger partial charge in [0.15, 0.2) is 11.9 Å². The number of methoxy groups -OCH3 is 1. The summed E-state index contributed by atoms with van der Waals surface area (Å²) in [7, 11) is 1.20. The summed E-state index contributed by atoms with van der Waals surface area (Å²) in [4.78, 5) is 22.5. The fourth-order valence-corrected chi connectivity index (χ4v) is 4.42. The first-order valence-corrected chi connectivity index (χ1v) is 10.2. The van der Waals surface area contributed by atoms with E-state index in [1.54, 1.807) is 0 Å². The molecule has 9 atom stereocenters. The Hall–Kier alpha value is -1.88. The van der Waals surface area contributed by atoms with E-state index in [2.05, 4.69) is 10.6 Å². The average Bonchev–Trinajstić information content (AvgIpc) is 2.76. The lowest BCUT2D eigenvalue weighted by Crippen LogP contribution is -2.86. The molecule has 0 radical (unpaired) electrons. The summed E-state index contributed by atoms with van der Waals surface area (Å²) in [5.41, 5.74) is -5.59. The van der Waals surface area contributed by atoms with E-state index < -0.39 is 92.1 Å². The van der Waals surface area contributed by atoms with Crippen LogP contribution >= 0.6 is 0 Å². The lowest BCUT2D eigenvalue weighted by atomic mass is 9.63. The molecule has 0 aromatic rings. The van der Waals surface area contributed by atoms with Crippen LogP contribution in [-0.2, 0) is 23.8 Å². The average molecular weight is 480 g/mol. The van der Waals surface area contributed by atoms with Crippen molar-refractivity contribution >= 4 is 11.9 Å². The van der Waals surface area contributed by atoms with Gasteiger partial charge >= 0.3 is 5.97 Å². The van der Waals surface area contributed by atoms with E-state index in [1.165, 1.54) is 13.2 Å². The largest absolute Gasteiger partial charge is 0.481 e. The maximum Gasteiger partial charge on any atom is 0.307 e. The second-order valence-electron chi connectivity index (χ2n) is 7.95. The molecule has 0 spiro atoms. The highest BCUT2D eigenvalue weighted by Crippen LogP contribution is 2.45. The Morgan fingerprint density at radius 1 is 1.15 bits per heavy atom. The maximum atomic E-state index is 11.8. The van der Waals surface area contributed by atoms with Gasteiger partial charge in [-0.25, -0.2) is 0 Å². The topological polar surface area (TPSA) is 227 Å². The Balaban J connectivity index is 2.59. The van der Waals surface area contributed by atoms with Crippen molar-refractivity contribution in [3.63, 3.8) is 0 Å². The van der Waals surface area contributed by atoms with Crippen molar-refractivity contribution in [3.05, 3.63) is 12.3 Å².